The van der Waals surface area contributed by atoms with Crippen molar-refractivity contribution in [2.24, 2.45) is 5.92 Å². The first-order chi connectivity index (χ1) is 20.1. The summed E-state index contributed by atoms with van der Waals surface area (Å²) >= 11 is 0. The highest BCUT2D eigenvalue weighted by molar-refractivity contribution is 7.85. The Labute approximate surface area is 256 Å². The van der Waals surface area contributed by atoms with Crippen LogP contribution < -0.4 is 4.43 Å². The molecule has 3 heterocycles. The van der Waals surface area contributed by atoms with Crippen molar-refractivity contribution in [2.45, 2.75) is 90.9 Å². The van der Waals surface area contributed by atoms with Gasteiger partial charge in [0.05, 0.1) is 49.9 Å². The van der Waals surface area contributed by atoms with E-state index in [0.717, 1.165) is 53.8 Å². The van der Waals surface area contributed by atoms with Crippen molar-refractivity contribution in [3.8, 4) is 17.0 Å². The zero-order chi connectivity index (χ0) is 31.4. The van der Waals surface area contributed by atoms with E-state index in [-0.39, 0.29) is 29.0 Å². The minimum atomic E-state index is -4.03. The largest absolute Gasteiger partial charge is 0.543 e. The summed E-state index contributed by atoms with van der Waals surface area (Å²) in [6.45, 7) is 17.2. The normalized spacial score (nSPS) is 18.2. The summed E-state index contributed by atoms with van der Waals surface area (Å²) in [6, 6.07) is 6.25. The quantitative estimate of drug-likeness (QED) is 0.130. The van der Waals surface area contributed by atoms with E-state index in [2.05, 4.69) is 51.1 Å². The Morgan fingerprint density at radius 2 is 1.93 bits per heavy atom. The summed E-state index contributed by atoms with van der Waals surface area (Å²) in [5, 5.41) is 10.7. The van der Waals surface area contributed by atoms with Gasteiger partial charge in [0.15, 0.2) is 6.23 Å². The van der Waals surface area contributed by atoms with Crippen LogP contribution in [-0.4, -0.2) is 79.1 Å². The number of fused-ring (bicyclic) bond motifs is 1. The molecule has 1 unspecified atom stereocenters. The number of hydrogen-bond acceptors (Lipinski definition) is 8. The number of rotatable bonds is 14. The van der Waals surface area contributed by atoms with Gasteiger partial charge in [-0.3, -0.25) is 9.23 Å². The smallest absolute Gasteiger partial charge is 0.265 e. The third-order valence-corrected chi connectivity index (χ3v) is 13.8. The van der Waals surface area contributed by atoms with Crippen LogP contribution in [0, 0.1) is 5.92 Å². The second-order valence-corrected chi connectivity index (χ2v) is 19.3. The number of nitrogens with zero attached hydrogens (tertiary/aromatic N) is 4. The third kappa shape index (κ3) is 8.89. The molecule has 1 fully saturated rings. The van der Waals surface area contributed by atoms with Crippen LogP contribution in [0.3, 0.4) is 0 Å². The summed E-state index contributed by atoms with van der Waals surface area (Å²) in [5.74, 6) is 0.202. The van der Waals surface area contributed by atoms with Gasteiger partial charge in [-0.15, -0.1) is 0 Å². The maximum atomic E-state index is 11.1. The highest BCUT2D eigenvalue weighted by atomic mass is 32.2. The van der Waals surface area contributed by atoms with Gasteiger partial charge >= 0.3 is 0 Å². The van der Waals surface area contributed by atoms with E-state index in [1.54, 1.807) is 13.8 Å². The summed E-state index contributed by atoms with van der Waals surface area (Å²) < 4.78 is 59.2. The van der Waals surface area contributed by atoms with Crippen LogP contribution >= 0.6 is 0 Å². The van der Waals surface area contributed by atoms with Crippen molar-refractivity contribution in [3.63, 3.8) is 0 Å². The standard InChI is InChI=1S/C30H48N4O7SSi/c1-22(21-42(35,36)37)23(2)39-17-16-38-15-13-33-20-24(19-31-33)29-26-18-25(41-43(6,7)30(3,4)5)11-12-27(26)34(32-29)28-10-8-9-14-40-28/h11-12,18-20,22-23,28H,8-10,13-17,21H2,1-7H3,(H,35,36,37)/t22-,23+,28?/m1/s1. The second kappa shape index (κ2) is 13.8. The topological polar surface area (TPSA) is 127 Å². The Balaban J connectivity index is 1.43. The first kappa shape index (κ1) is 33.6. The molecule has 11 nitrogen and oxygen atoms in total. The number of benzene rings is 1. The number of aromatic nitrogens is 4. The van der Waals surface area contributed by atoms with Crippen molar-refractivity contribution < 1.29 is 31.6 Å². The van der Waals surface area contributed by atoms with Gasteiger partial charge in [-0.2, -0.15) is 18.6 Å². The van der Waals surface area contributed by atoms with Crippen molar-refractivity contribution in [1.82, 2.24) is 19.6 Å². The monoisotopic (exact) mass is 636 g/mol. The molecule has 2 aromatic heterocycles. The molecule has 1 saturated heterocycles. The maximum absolute atomic E-state index is 11.1. The second-order valence-electron chi connectivity index (χ2n) is 13.1. The molecule has 0 bridgehead atoms. The molecule has 1 N–H and O–H groups in total. The minimum Gasteiger partial charge on any atom is -0.543 e. The van der Waals surface area contributed by atoms with Crippen LogP contribution in [0.2, 0.25) is 18.1 Å². The van der Waals surface area contributed by atoms with E-state index < -0.39 is 18.4 Å². The summed E-state index contributed by atoms with van der Waals surface area (Å²) in [4.78, 5) is 0. The fraction of sp³-hybridized carbons (Fsp3) is 0.667. The summed E-state index contributed by atoms with van der Waals surface area (Å²) in [6.07, 6.45) is 6.50. The Morgan fingerprint density at radius 1 is 1.16 bits per heavy atom. The van der Waals surface area contributed by atoms with E-state index in [1.807, 2.05) is 27.8 Å². The van der Waals surface area contributed by atoms with Gasteiger partial charge in [0.2, 0.25) is 8.32 Å². The van der Waals surface area contributed by atoms with Crippen molar-refractivity contribution in [1.29, 1.82) is 0 Å². The average Bonchev–Trinajstić information content (AvgIpc) is 3.53. The first-order valence-electron chi connectivity index (χ1n) is 15.1. The van der Waals surface area contributed by atoms with Crippen LogP contribution in [0.1, 0.15) is 60.1 Å². The van der Waals surface area contributed by atoms with Crippen LogP contribution in [0.5, 0.6) is 5.75 Å². The van der Waals surface area contributed by atoms with E-state index in [4.69, 9.17) is 28.3 Å². The third-order valence-electron chi connectivity index (χ3n) is 8.54. The molecule has 0 radical (unpaired) electrons. The molecule has 1 aliphatic heterocycles. The van der Waals surface area contributed by atoms with Gasteiger partial charge in [-0.05, 0) is 68.4 Å². The van der Waals surface area contributed by atoms with Crippen molar-refractivity contribution >= 4 is 29.3 Å². The van der Waals surface area contributed by atoms with E-state index in [0.29, 0.717) is 26.4 Å². The summed E-state index contributed by atoms with van der Waals surface area (Å²) in [5.41, 5.74) is 2.77. The Kier molecular flexibility index (Phi) is 10.8. The predicted molar refractivity (Wildman–Crippen MR) is 169 cm³/mol. The van der Waals surface area contributed by atoms with Crippen molar-refractivity contribution in [3.05, 3.63) is 30.6 Å². The lowest BCUT2D eigenvalue weighted by Gasteiger charge is -2.36. The van der Waals surface area contributed by atoms with E-state index in [1.165, 1.54) is 0 Å². The molecule has 43 heavy (non-hydrogen) atoms. The molecule has 4 rings (SSSR count). The molecule has 3 atom stereocenters. The molecule has 0 spiro atoms. The average molecular weight is 637 g/mol. The molecule has 0 amide bonds. The fourth-order valence-electron chi connectivity index (χ4n) is 4.77. The van der Waals surface area contributed by atoms with Crippen LogP contribution in [0.15, 0.2) is 30.6 Å². The van der Waals surface area contributed by atoms with Crippen LogP contribution in [0.25, 0.3) is 22.2 Å². The van der Waals surface area contributed by atoms with Gasteiger partial charge in [0.25, 0.3) is 10.1 Å². The molecule has 3 aromatic rings. The maximum Gasteiger partial charge on any atom is 0.265 e. The fourth-order valence-corrected chi connectivity index (χ4v) is 6.73. The Morgan fingerprint density at radius 3 is 2.60 bits per heavy atom. The molecular weight excluding hydrogens is 589 g/mol. The molecule has 0 aliphatic carbocycles. The highest BCUT2D eigenvalue weighted by Gasteiger charge is 2.39. The molecule has 0 saturated carbocycles. The van der Waals surface area contributed by atoms with Gasteiger partial charge in [-0.25, -0.2) is 4.68 Å². The first-order valence-corrected chi connectivity index (χ1v) is 19.7. The lowest BCUT2D eigenvalue weighted by molar-refractivity contribution is -0.0365. The van der Waals surface area contributed by atoms with E-state index >= 15 is 0 Å². The zero-order valence-electron chi connectivity index (χ0n) is 26.6. The number of hydrogen-bond donors (Lipinski definition) is 1. The SMILES string of the molecule is C[C@H](CS(=O)(=O)O)[C@H](C)OCCOCCn1cc(-c2nn(C3CCCCO3)c3ccc(O[Si](C)(C)C(C)(C)C)cc23)cn1. The lowest BCUT2D eigenvalue weighted by Crippen LogP contribution is -2.43. The molecule has 240 valence electrons. The van der Waals surface area contributed by atoms with Crippen LogP contribution in [0.4, 0.5) is 0 Å². The highest BCUT2D eigenvalue weighted by Crippen LogP contribution is 2.39. The van der Waals surface area contributed by atoms with Crippen molar-refractivity contribution in [2.75, 3.05) is 32.2 Å². The molecule has 1 aliphatic rings. The molecule has 13 heteroatoms. The predicted octanol–water partition coefficient (Wildman–Crippen LogP) is 5.93. The van der Waals surface area contributed by atoms with Gasteiger partial charge < -0.3 is 18.6 Å². The van der Waals surface area contributed by atoms with Crippen LogP contribution in [-0.2, 0) is 30.9 Å². The molecule has 1 aromatic carbocycles. The summed E-state index contributed by atoms with van der Waals surface area (Å²) in [7, 11) is -6.05. The Hall–Kier alpha value is -2.29. The van der Waals surface area contributed by atoms with Gasteiger partial charge in [-0.1, -0.05) is 27.7 Å². The van der Waals surface area contributed by atoms with E-state index in [9.17, 15) is 8.42 Å². The zero-order valence-corrected chi connectivity index (χ0v) is 28.4. The van der Waals surface area contributed by atoms with Gasteiger partial charge in [0.1, 0.15) is 11.4 Å². The molecular formula is C30H48N4O7SSi. The minimum absolute atomic E-state index is 0.0833. The van der Waals surface area contributed by atoms with Gasteiger partial charge in [0, 0.05) is 23.8 Å². The Bertz CT molecular complexity index is 1460. The lowest BCUT2D eigenvalue weighted by atomic mass is 10.1. The number of ether oxygens (including phenoxy) is 3.